The van der Waals surface area contributed by atoms with Crippen molar-refractivity contribution in [1.82, 2.24) is 19.6 Å². The summed E-state index contributed by atoms with van der Waals surface area (Å²) in [5.41, 5.74) is 4.13. The van der Waals surface area contributed by atoms with E-state index in [1.54, 1.807) is 44.2 Å². The molecule has 14 heteroatoms. The molecule has 4 N–H and O–H groups in total. The maximum absolute atomic E-state index is 16.0. The minimum absolute atomic E-state index is 0.103. The Morgan fingerprint density at radius 1 is 1.38 bits per heavy atom. The molecule has 2 aromatic heterocycles. The number of hydrogen-bond acceptors (Lipinski definition) is 10. The van der Waals surface area contributed by atoms with Crippen molar-refractivity contribution in [3.63, 3.8) is 0 Å². The number of terminal acetylenes is 1. The van der Waals surface area contributed by atoms with Gasteiger partial charge in [-0.05, 0) is 25.0 Å². The SMILES string of the molecule is C#Cc1cn([C@@H]2O[C@H](COP(=O)(NC(C(=O)OC)C(C)C)Oc3ccccc3)[C@@H](O)[C@@]2(C)F)c2ncnc(N)c12. The van der Waals surface area contributed by atoms with Crippen molar-refractivity contribution >= 4 is 30.6 Å². The number of aliphatic hydroxyl groups excluding tert-OH is 1. The fourth-order valence-corrected chi connectivity index (χ4v) is 6.07. The molecule has 12 nitrogen and oxygen atoms in total. The lowest BCUT2D eigenvalue weighted by molar-refractivity contribution is -0.143. The summed E-state index contributed by atoms with van der Waals surface area (Å²) in [5, 5.41) is 13.9. The van der Waals surface area contributed by atoms with E-state index in [4.69, 9.17) is 30.7 Å². The molecule has 3 heterocycles. The van der Waals surface area contributed by atoms with Gasteiger partial charge in [-0.25, -0.2) is 18.9 Å². The van der Waals surface area contributed by atoms with Crippen LogP contribution in [0.5, 0.6) is 5.75 Å². The molecular formula is C26H31FN5O7P. The average molecular weight is 576 g/mol. The van der Waals surface area contributed by atoms with Crippen LogP contribution in [-0.4, -0.2) is 63.2 Å². The van der Waals surface area contributed by atoms with Crippen LogP contribution in [0.4, 0.5) is 10.2 Å². The molecule has 3 aromatic rings. The van der Waals surface area contributed by atoms with Crippen LogP contribution < -0.4 is 15.3 Å². The molecule has 1 aliphatic rings. The van der Waals surface area contributed by atoms with Gasteiger partial charge in [0.2, 0.25) is 0 Å². The third-order valence-corrected chi connectivity index (χ3v) is 8.09. The van der Waals surface area contributed by atoms with Crippen molar-refractivity contribution in [3.05, 3.63) is 48.4 Å². The number of benzene rings is 1. The lowest BCUT2D eigenvalue weighted by Gasteiger charge is -2.27. The fourth-order valence-electron chi connectivity index (χ4n) is 4.40. The van der Waals surface area contributed by atoms with Gasteiger partial charge in [-0.3, -0.25) is 9.32 Å². The first kappa shape index (κ1) is 29.5. The number of halogens is 1. The largest absolute Gasteiger partial charge is 0.468 e. The molecular weight excluding hydrogens is 544 g/mol. The van der Waals surface area contributed by atoms with Gasteiger partial charge in [0, 0.05) is 6.20 Å². The molecule has 0 bridgehead atoms. The number of ether oxygens (including phenoxy) is 2. The van der Waals surface area contributed by atoms with Gasteiger partial charge < -0.3 is 29.4 Å². The second-order valence-corrected chi connectivity index (χ2v) is 11.4. The zero-order valence-corrected chi connectivity index (χ0v) is 23.2. The minimum Gasteiger partial charge on any atom is -0.468 e. The van der Waals surface area contributed by atoms with Crippen LogP contribution in [0.1, 0.15) is 32.6 Å². The molecule has 1 fully saturated rings. The number of carbonyl (C=O) groups is 1. The molecule has 1 aromatic carbocycles. The number of nitrogens with one attached hydrogen (secondary N) is 1. The standard InChI is InChI=1S/C26H31FN5O7P/c1-6-16-12-32(23-19(16)22(28)29-14-30-23)25-26(4,27)21(33)18(38-25)13-37-40(35,39-17-10-8-7-9-11-17)31-20(15(2)3)24(34)36-5/h1,7-12,14-15,18,20-21,25,33H,13H2,2-5H3,(H,31,35)(H2,28,29,30)/t18-,20?,21-,25-,26-,40?/m1/s1. The number of alkyl halides is 1. The number of nitrogens with two attached hydrogens (primary N) is 1. The summed E-state index contributed by atoms with van der Waals surface area (Å²) >= 11 is 0. The second kappa shape index (κ2) is 11.5. The number of esters is 1. The molecule has 0 radical (unpaired) electrons. The van der Waals surface area contributed by atoms with Gasteiger partial charge in [-0.1, -0.05) is 38.0 Å². The monoisotopic (exact) mass is 575 g/mol. The lowest BCUT2D eigenvalue weighted by atomic mass is 9.98. The van der Waals surface area contributed by atoms with Gasteiger partial charge in [-0.15, -0.1) is 6.42 Å². The Balaban J connectivity index is 1.62. The minimum atomic E-state index is -4.31. The Labute approximate surface area is 230 Å². The van der Waals surface area contributed by atoms with Crippen LogP contribution in [0.3, 0.4) is 0 Å². The predicted octanol–water partition coefficient (Wildman–Crippen LogP) is 2.97. The average Bonchev–Trinajstić information content (AvgIpc) is 3.41. The van der Waals surface area contributed by atoms with Crippen molar-refractivity contribution in [2.45, 2.75) is 50.9 Å². The number of rotatable bonds is 10. The van der Waals surface area contributed by atoms with Crippen LogP contribution in [0.25, 0.3) is 11.0 Å². The van der Waals surface area contributed by atoms with Crippen molar-refractivity contribution in [2.24, 2.45) is 5.92 Å². The Morgan fingerprint density at radius 2 is 2.08 bits per heavy atom. The molecule has 0 aliphatic carbocycles. The fraction of sp³-hybridized carbons (Fsp3) is 0.423. The van der Waals surface area contributed by atoms with E-state index >= 15 is 4.39 Å². The van der Waals surface area contributed by atoms with Gasteiger partial charge in [0.15, 0.2) is 11.9 Å². The highest BCUT2D eigenvalue weighted by Gasteiger charge is 2.56. The topological polar surface area (TPSA) is 160 Å². The first-order valence-corrected chi connectivity index (χ1v) is 13.9. The van der Waals surface area contributed by atoms with Gasteiger partial charge in [0.1, 0.15) is 41.8 Å². The molecule has 6 atom stereocenters. The number of aromatic nitrogens is 3. The quantitative estimate of drug-likeness (QED) is 0.185. The van der Waals surface area contributed by atoms with Crippen LogP contribution in [0, 0.1) is 18.3 Å². The second-order valence-electron chi connectivity index (χ2n) is 9.75. The maximum Gasteiger partial charge on any atom is 0.459 e. The number of aliphatic hydroxyl groups is 1. The van der Waals surface area contributed by atoms with Crippen molar-refractivity contribution in [3.8, 4) is 18.1 Å². The van der Waals surface area contributed by atoms with Crippen molar-refractivity contribution in [1.29, 1.82) is 0 Å². The number of nitrogen functional groups attached to an aromatic ring is 1. The van der Waals surface area contributed by atoms with Crippen LogP contribution >= 0.6 is 7.75 Å². The van der Waals surface area contributed by atoms with Crippen LogP contribution in [0.15, 0.2) is 42.9 Å². The van der Waals surface area contributed by atoms with E-state index in [9.17, 15) is 14.5 Å². The maximum atomic E-state index is 16.0. The molecule has 1 aliphatic heterocycles. The van der Waals surface area contributed by atoms with E-state index in [2.05, 4.69) is 21.0 Å². The number of carbonyl (C=O) groups excluding carboxylic acids is 1. The normalized spacial score (nSPS) is 24.9. The third kappa shape index (κ3) is 5.68. The van der Waals surface area contributed by atoms with E-state index < -0.39 is 50.5 Å². The lowest BCUT2D eigenvalue weighted by Crippen LogP contribution is -2.43. The van der Waals surface area contributed by atoms with E-state index in [1.165, 1.54) is 24.2 Å². The first-order chi connectivity index (χ1) is 18.9. The number of anilines is 1. The molecule has 1 saturated heterocycles. The summed E-state index contributed by atoms with van der Waals surface area (Å²) in [7, 11) is -3.11. The summed E-state index contributed by atoms with van der Waals surface area (Å²) in [6.45, 7) is 4.01. The third-order valence-electron chi connectivity index (χ3n) is 6.56. The van der Waals surface area contributed by atoms with E-state index in [-0.39, 0.29) is 23.1 Å². The van der Waals surface area contributed by atoms with E-state index in [1.807, 2.05) is 0 Å². The first-order valence-electron chi connectivity index (χ1n) is 12.4. The number of fused-ring (bicyclic) bond motifs is 1. The molecule has 0 saturated carbocycles. The summed E-state index contributed by atoms with van der Waals surface area (Å²) in [6.07, 6.45) is 3.80. The van der Waals surface area contributed by atoms with Crippen LogP contribution in [0.2, 0.25) is 0 Å². The number of hydrogen-bond donors (Lipinski definition) is 3. The highest BCUT2D eigenvalue weighted by molar-refractivity contribution is 7.52. The number of nitrogens with zero attached hydrogens (tertiary/aromatic N) is 3. The summed E-state index contributed by atoms with van der Waals surface area (Å²) in [5.74, 6) is 1.71. The summed E-state index contributed by atoms with van der Waals surface area (Å²) in [4.78, 5) is 20.5. The Bertz CT molecular complexity index is 1460. The van der Waals surface area contributed by atoms with Crippen LogP contribution in [-0.2, 0) is 23.4 Å². The van der Waals surface area contributed by atoms with Crippen molar-refractivity contribution in [2.75, 3.05) is 19.5 Å². The molecule has 2 unspecified atom stereocenters. The molecule has 40 heavy (non-hydrogen) atoms. The van der Waals surface area contributed by atoms with Gasteiger partial charge >= 0.3 is 13.7 Å². The molecule has 0 spiro atoms. The van der Waals surface area contributed by atoms with Gasteiger partial charge in [0.05, 0.1) is 24.7 Å². The smallest absolute Gasteiger partial charge is 0.459 e. The molecule has 0 amide bonds. The Morgan fingerprint density at radius 3 is 2.70 bits per heavy atom. The summed E-state index contributed by atoms with van der Waals surface area (Å²) in [6, 6.07) is 7.08. The van der Waals surface area contributed by atoms with Crippen molar-refractivity contribution < 1.29 is 37.4 Å². The Kier molecular flexibility index (Phi) is 8.49. The number of para-hydroxylation sites is 1. The zero-order chi connectivity index (χ0) is 29.2. The molecule has 4 rings (SSSR count). The highest BCUT2D eigenvalue weighted by atomic mass is 31.2. The van der Waals surface area contributed by atoms with Gasteiger partial charge in [-0.2, -0.15) is 5.09 Å². The van der Waals surface area contributed by atoms with E-state index in [0.29, 0.717) is 10.9 Å². The predicted molar refractivity (Wildman–Crippen MR) is 144 cm³/mol. The van der Waals surface area contributed by atoms with Gasteiger partial charge in [0.25, 0.3) is 0 Å². The summed E-state index contributed by atoms with van der Waals surface area (Å²) < 4.78 is 53.3. The zero-order valence-electron chi connectivity index (χ0n) is 22.4. The molecule has 214 valence electrons. The van der Waals surface area contributed by atoms with E-state index in [0.717, 1.165) is 6.92 Å². The number of methoxy groups -OCH3 is 1. The highest BCUT2D eigenvalue weighted by Crippen LogP contribution is 2.48. The Hall–Kier alpha value is -3.53.